The Bertz CT molecular complexity index is 549. The summed E-state index contributed by atoms with van der Waals surface area (Å²) in [6.45, 7) is 2.34. The van der Waals surface area contributed by atoms with Gasteiger partial charge in [-0.25, -0.2) is 13.2 Å². The summed E-state index contributed by atoms with van der Waals surface area (Å²) < 4.78 is 26.3. The van der Waals surface area contributed by atoms with Crippen LogP contribution in [0, 0.1) is 0 Å². The molecule has 1 aromatic rings. The Labute approximate surface area is 110 Å². The zero-order valence-electron chi connectivity index (χ0n) is 10.00. The molecule has 2 rings (SSSR count). The van der Waals surface area contributed by atoms with Crippen molar-refractivity contribution in [3.05, 3.63) is 16.3 Å². The molecule has 18 heavy (non-hydrogen) atoms. The van der Waals surface area contributed by atoms with E-state index < -0.39 is 16.0 Å². The van der Waals surface area contributed by atoms with E-state index in [1.165, 1.54) is 15.8 Å². The van der Waals surface area contributed by atoms with Crippen LogP contribution in [0.15, 0.2) is 16.3 Å². The molecule has 0 aliphatic carbocycles. The SMILES string of the molecule is C[C@@H]1CCCCN1S(=O)(=O)c1ccsc1C(=O)O. The molecule has 1 N–H and O–H groups in total. The number of rotatable bonds is 3. The molecule has 0 saturated carbocycles. The number of aromatic carboxylic acids is 1. The van der Waals surface area contributed by atoms with Gasteiger partial charge >= 0.3 is 5.97 Å². The summed E-state index contributed by atoms with van der Waals surface area (Å²) in [7, 11) is -3.68. The lowest BCUT2D eigenvalue weighted by atomic mass is 10.1. The highest BCUT2D eigenvalue weighted by atomic mass is 32.2. The van der Waals surface area contributed by atoms with Crippen molar-refractivity contribution in [3.8, 4) is 0 Å². The average Bonchev–Trinajstić information content (AvgIpc) is 2.78. The van der Waals surface area contributed by atoms with Gasteiger partial charge in [0.2, 0.25) is 10.0 Å². The zero-order valence-corrected chi connectivity index (χ0v) is 11.6. The zero-order chi connectivity index (χ0) is 13.3. The summed E-state index contributed by atoms with van der Waals surface area (Å²) in [5.74, 6) is -1.19. The van der Waals surface area contributed by atoms with Gasteiger partial charge in [0.1, 0.15) is 9.77 Å². The molecule has 0 amide bonds. The maximum absolute atomic E-state index is 12.5. The van der Waals surface area contributed by atoms with Crippen LogP contribution in [0.3, 0.4) is 0 Å². The van der Waals surface area contributed by atoms with Crippen molar-refractivity contribution in [3.63, 3.8) is 0 Å². The minimum absolute atomic E-state index is 0.0645. The predicted octanol–water partition coefficient (Wildman–Crippen LogP) is 2.01. The highest BCUT2D eigenvalue weighted by Gasteiger charge is 2.34. The molecule has 0 unspecified atom stereocenters. The van der Waals surface area contributed by atoms with Gasteiger partial charge in [-0.05, 0) is 31.2 Å². The second-order valence-corrected chi connectivity index (χ2v) is 7.15. The van der Waals surface area contributed by atoms with Crippen molar-refractivity contribution in [1.82, 2.24) is 4.31 Å². The van der Waals surface area contributed by atoms with Crippen molar-refractivity contribution < 1.29 is 18.3 Å². The molecule has 100 valence electrons. The van der Waals surface area contributed by atoms with E-state index in [1.807, 2.05) is 6.92 Å². The van der Waals surface area contributed by atoms with E-state index in [2.05, 4.69) is 0 Å². The molecular weight excluding hydrogens is 274 g/mol. The Kier molecular flexibility index (Phi) is 3.74. The number of hydrogen-bond donors (Lipinski definition) is 1. The van der Waals surface area contributed by atoms with E-state index in [4.69, 9.17) is 5.11 Å². The van der Waals surface area contributed by atoms with Crippen LogP contribution >= 0.6 is 11.3 Å². The maximum Gasteiger partial charge on any atom is 0.347 e. The van der Waals surface area contributed by atoms with Crippen molar-refractivity contribution in [1.29, 1.82) is 0 Å². The first kappa shape index (κ1) is 13.5. The van der Waals surface area contributed by atoms with Gasteiger partial charge in [-0.1, -0.05) is 6.42 Å². The molecule has 0 aromatic carbocycles. The summed E-state index contributed by atoms with van der Waals surface area (Å²) in [6, 6.07) is 1.32. The predicted molar refractivity (Wildman–Crippen MR) is 68.5 cm³/mol. The summed E-state index contributed by atoms with van der Waals surface area (Å²) in [5.41, 5.74) is 0. The quantitative estimate of drug-likeness (QED) is 0.923. The summed E-state index contributed by atoms with van der Waals surface area (Å²) in [6.07, 6.45) is 2.67. The van der Waals surface area contributed by atoms with Crippen molar-refractivity contribution >= 4 is 27.3 Å². The van der Waals surface area contributed by atoms with E-state index in [0.29, 0.717) is 6.54 Å². The first-order chi connectivity index (χ1) is 8.44. The summed E-state index contributed by atoms with van der Waals surface area (Å²) >= 11 is 0.944. The fourth-order valence-corrected chi connectivity index (χ4v) is 5.15. The molecule has 1 aliphatic rings. The number of carboxylic acid groups (broad SMARTS) is 1. The van der Waals surface area contributed by atoms with Gasteiger partial charge in [-0.3, -0.25) is 0 Å². The van der Waals surface area contributed by atoms with Gasteiger partial charge < -0.3 is 5.11 Å². The van der Waals surface area contributed by atoms with Crippen LogP contribution in [0.2, 0.25) is 0 Å². The minimum Gasteiger partial charge on any atom is -0.477 e. The van der Waals surface area contributed by atoms with Crippen LogP contribution in [-0.2, 0) is 10.0 Å². The topological polar surface area (TPSA) is 74.7 Å². The fraction of sp³-hybridized carbons (Fsp3) is 0.545. The first-order valence-electron chi connectivity index (χ1n) is 5.77. The Balaban J connectivity index is 2.41. The van der Waals surface area contributed by atoms with Gasteiger partial charge in [0.05, 0.1) is 0 Å². The van der Waals surface area contributed by atoms with Crippen molar-refractivity contribution in [2.75, 3.05) is 6.54 Å². The number of piperidine rings is 1. The Morgan fingerprint density at radius 2 is 2.22 bits per heavy atom. The monoisotopic (exact) mass is 289 g/mol. The van der Waals surface area contributed by atoms with E-state index in [1.54, 1.807) is 0 Å². The lowest BCUT2D eigenvalue weighted by Gasteiger charge is -2.32. The number of hydrogen-bond acceptors (Lipinski definition) is 4. The van der Waals surface area contributed by atoms with Crippen LogP contribution in [-0.4, -0.2) is 36.4 Å². The van der Waals surface area contributed by atoms with Gasteiger partial charge in [-0.15, -0.1) is 11.3 Å². The smallest absolute Gasteiger partial charge is 0.347 e. The molecule has 1 atom stereocenters. The van der Waals surface area contributed by atoms with Gasteiger partial charge in [-0.2, -0.15) is 4.31 Å². The molecule has 5 nitrogen and oxygen atoms in total. The van der Waals surface area contributed by atoms with E-state index in [0.717, 1.165) is 30.6 Å². The molecule has 1 aliphatic heterocycles. The van der Waals surface area contributed by atoms with Crippen molar-refractivity contribution in [2.45, 2.75) is 37.1 Å². The standard InChI is InChI=1S/C11H15NO4S2/c1-8-4-2-3-6-12(8)18(15,16)9-5-7-17-10(9)11(13)14/h5,7-8H,2-4,6H2,1H3,(H,13,14)/t8-/m1/s1. The second-order valence-electron chi connectivity index (χ2n) is 4.38. The van der Waals surface area contributed by atoms with Gasteiger partial charge in [0, 0.05) is 12.6 Å². The molecule has 7 heteroatoms. The Hall–Kier alpha value is -0.920. The van der Waals surface area contributed by atoms with Gasteiger partial charge in [0.25, 0.3) is 0 Å². The molecule has 1 fully saturated rings. The molecular formula is C11H15NO4S2. The summed E-state index contributed by atoms with van der Waals surface area (Å²) in [4.78, 5) is 10.8. The molecule has 1 saturated heterocycles. The lowest BCUT2D eigenvalue weighted by molar-refractivity contribution is 0.0698. The van der Waals surface area contributed by atoms with Crippen molar-refractivity contribution in [2.24, 2.45) is 0 Å². The maximum atomic E-state index is 12.5. The van der Waals surface area contributed by atoms with E-state index in [-0.39, 0.29) is 15.8 Å². The number of carbonyl (C=O) groups is 1. The highest BCUT2D eigenvalue weighted by molar-refractivity contribution is 7.89. The minimum atomic E-state index is -3.68. The highest BCUT2D eigenvalue weighted by Crippen LogP contribution is 2.29. The molecule has 0 bridgehead atoms. The van der Waals surface area contributed by atoms with Gasteiger partial charge in [0.15, 0.2) is 0 Å². The Morgan fingerprint density at radius 1 is 1.50 bits per heavy atom. The molecule has 2 heterocycles. The van der Waals surface area contributed by atoms with E-state index in [9.17, 15) is 13.2 Å². The fourth-order valence-electron chi connectivity index (χ4n) is 2.21. The number of nitrogens with zero attached hydrogens (tertiary/aromatic N) is 1. The third-order valence-electron chi connectivity index (χ3n) is 3.15. The Morgan fingerprint density at radius 3 is 2.83 bits per heavy atom. The summed E-state index contributed by atoms with van der Waals surface area (Å²) in [5, 5.41) is 10.5. The first-order valence-corrected chi connectivity index (χ1v) is 8.09. The third-order valence-corrected chi connectivity index (χ3v) is 6.24. The normalized spacial score (nSPS) is 21.9. The van der Waals surface area contributed by atoms with Crippen LogP contribution < -0.4 is 0 Å². The molecule has 1 aromatic heterocycles. The molecule has 0 spiro atoms. The average molecular weight is 289 g/mol. The van der Waals surface area contributed by atoms with Crippen LogP contribution in [0.4, 0.5) is 0 Å². The van der Waals surface area contributed by atoms with Crippen LogP contribution in [0.1, 0.15) is 35.9 Å². The number of thiophene rings is 1. The third kappa shape index (κ3) is 2.30. The van der Waals surface area contributed by atoms with Crippen LogP contribution in [0.5, 0.6) is 0 Å². The van der Waals surface area contributed by atoms with E-state index >= 15 is 0 Å². The number of sulfonamides is 1. The molecule has 0 radical (unpaired) electrons. The van der Waals surface area contributed by atoms with Crippen LogP contribution in [0.25, 0.3) is 0 Å². The lowest BCUT2D eigenvalue weighted by Crippen LogP contribution is -2.42. The number of carboxylic acids is 1. The largest absolute Gasteiger partial charge is 0.477 e. The second kappa shape index (κ2) is 4.99.